The van der Waals surface area contributed by atoms with Crippen LogP contribution in [0.3, 0.4) is 0 Å². The van der Waals surface area contributed by atoms with Crippen LogP contribution >= 0.6 is 0 Å². The number of hydrogen-bond acceptors (Lipinski definition) is 9. The van der Waals surface area contributed by atoms with Gasteiger partial charge in [-0.25, -0.2) is 4.79 Å². The molecule has 13 nitrogen and oxygen atoms in total. The average Bonchev–Trinajstić information content (AvgIpc) is 3.27. The third-order valence-electron chi connectivity index (χ3n) is 9.04. The zero-order chi connectivity index (χ0) is 34.2. The van der Waals surface area contributed by atoms with Crippen LogP contribution in [0, 0.1) is 17.3 Å². The maximum absolute atomic E-state index is 14.2. The number of nitrogens with zero attached hydrogens (tertiary/aromatic N) is 1. The standard InChI is InChI=1S/C33H52N4O9/c1-20(38)45-27(29(41)34-18-24(39)44-7)22-16-14-12-10-8-9-11-13-15-17-23(36-31(43)46-32(2,3)4)30(42)37-19-21-25(33(21,5)6)26(37)28(40)35-22/h8-9,21-23,25-27H,10-19H2,1-7H3,(H,34,41)(H,35,40)(H,36,43)/t21-,22-,23-,25-,26-,27?/m0/s1. The van der Waals surface area contributed by atoms with E-state index in [0.717, 1.165) is 32.6 Å². The Morgan fingerprint density at radius 1 is 1.04 bits per heavy atom. The second kappa shape index (κ2) is 15.8. The molecule has 3 N–H and O–H groups in total. The summed E-state index contributed by atoms with van der Waals surface area (Å²) in [5, 5.41) is 8.14. The van der Waals surface area contributed by atoms with Crippen LogP contribution in [0.15, 0.2) is 12.2 Å². The van der Waals surface area contributed by atoms with Gasteiger partial charge in [-0.2, -0.15) is 0 Å². The lowest BCUT2D eigenvalue weighted by Gasteiger charge is -2.35. The number of hydrogen-bond donors (Lipinski definition) is 3. The van der Waals surface area contributed by atoms with Crippen molar-refractivity contribution in [3.05, 3.63) is 12.2 Å². The van der Waals surface area contributed by atoms with E-state index >= 15 is 0 Å². The maximum atomic E-state index is 14.2. The van der Waals surface area contributed by atoms with Gasteiger partial charge in [0.25, 0.3) is 5.91 Å². The monoisotopic (exact) mass is 648 g/mol. The molecule has 3 rings (SSSR count). The van der Waals surface area contributed by atoms with Gasteiger partial charge in [-0.3, -0.25) is 24.0 Å². The van der Waals surface area contributed by atoms with Crippen molar-refractivity contribution >= 4 is 35.8 Å². The molecule has 4 amide bonds. The van der Waals surface area contributed by atoms with E-state index in [1.165, 1.54) is 7.11 Å². The number of esters is 2. The second-order valence-electron chi connectivity index (χ2n) is 14.1. The fourth-order valence-electron chi connectivity index (χ4n) is 6.59. The summed E-state index contributed by atoms with van der Waals surface area (Å²) >= 11 is 0. The van der Waals surface area contributed by atoms with E-state index in [0.29, 0.717) is 32.2 Å². The van der Waals surface area contributed by atoms with Crippen molar-refractivity contribution in [1.29, 1.82) is 0 Å². The Balaban J connectivity index is 1.94. The molecule has 1 unspecified atom stereocenters. The molecule has 0 aromatic carbocycles. The van der Waals surface area contributed by atoms with Gasteiger partial charge in [0.1, 0.15) is 24.2 Å². The summed E-state index contributed by atoms with van der Waals surface area (Å²) in [6.45, 7) is 10.4. The number of carbonyl (C=O) groups is 6. The van der Waals surface area contributed by atoms with E-state index in [4.69, 9.17) is 9.47 Å². The molecular weight excluding hydrogens is 596 g/mol. The Labute approximate surface area is 271 Å². The largest absolute Gasteiger partial charge is 0.468 e. The lowest BCUT2D eigenvalue weighted by Crippen LogP contribution is -2.59. The van der Waals surface area contributed by atoms with Gasteiger partial charge in [0.05, 0.1) is 13.2 Å². The molecule has 2 aliphatic heterocycles. The number of methoxy groups -OCH3 is 1. The van der Waals surface area contributed by atoms with Gasteiger partial charge in [0.15, 0.2) is 6.10 Å². The molecule has 13 heteroatoms. The summed E-state index contributed by atoms with van der Waals surface area (Å²) in [5.74, 6) is -3.04. The summed E-state index contributed by atoms with van der Waals surface area (Å²) in [7, 11) is 1.19. The Kier molecular flexibility index (Phi) is 12.6. The van der Waals surface area contributed by atoms with E-state index in [1.807, 2.05) is 0 Å². The highest BCUT2D eigenvalue weighted by molar-refractivity contribution is 5.94. The van der Waals surface area contributed by atoms with E-state index < -0.39 is 66.2 Å². The van der Waals surface area contributed by atoms with Crippen LogP contribution in [0.2, 0.25) is 0 Å². The Morgan fingerprint density at radius 3 is 2.26 bits per heavy atom. The van der Waals surface area contributed by atoms with Crippen LogP contribution in [0.5, 0.6) is 0 Å². The fraction of sp³-hybridized carbons (Fsp3) is 0.758. The lowest BCUT2D eigenvalue weighted by molar-refractivity contribution is -0.157. The minimum Gasteiger partial charge on any atom is -0.468 e. The molecule has 0 aromatic heterocycles. The van der Waals surface area contributed by atoms with Crippen molar-refractivity contribution in [2.24, 2.45) is 17.3 Å². The SMILES string of the molecule is COC(=O)CNC(=O)C(OC(C)=O)[C@@H]1CCCCC=CCCCC[C@H](NC(=O)OC(C)(C)C)C(=O)N2C[C@H]3[C@@H]([C@H]2C(=O)N1)C3(C)C. The van der Waals surface area contributed by atoms with Gasteiger partial charge in [0.2, 0.25) is 11.8 Å². The van der Waals surface area contributed by atoms with Gasteiger partial charge in [0, 0.05) is 13.5 Å². The average molecular weight is 649 g/mol. The number of amides is 4. The van der Waals surface area contributed by atoms with E-state index in [-0.39, 0.29) is 23.2 Å². The van der Waals surface area contributed by atoms with Crippen molar-refractivity contribution in [3.8, 4) is 0 Å². The molecule has 6 atom stereocenters. The molecule has 46 heavy (non-hydrogen) atoms. The second-order valence-corrected chi connectivity index (χ2v) is 14.1. The molecule has 3 aliphatic rings. The molecule has 1 aliphatic carbocycles. The number of nitrogens with one attached hydrogen (secondary N) is 3. The number of carbonyl (C=O) groups excluding carboxylic acids is 6. The molecule has 2 heterocycles. The zero-order valence-corrected chi connectivity index (χ0v) is 28.3. The molecule has 258 valence electrons. The maximum Gasteiger partial charge on any atom is 0.408 e. The quantitative estimate of drug-likeness (QED) is 0.223. The number of rotatable bonds is 6. The molecule has 1 saturated carbocycles. The van der Waals surface area contributed by atoms with Gasteiger partial charge in [-0.1, -0.05) is 38.8 Å². The number of allylic oxidation sites excluding steroid dienone is 2. The third kappa shape index (κ3) is 9.93. The zero-order valence-electron chi connectivity index (χ0n) is 28.3. The molecule has 1 saturated heterocycles. The molecular formula is C33H52N4O9. The first-order chi connectivity index (χ1) is 21.6. The van der Waals surface area contributed by atoms with Crippen molar-refractivity contribution in [2.75, 3.05) is 20.2 Å². The Hall–Kier alpha value is -3.64. The topological polar surface area (TPSA) is 169 Å². The molecule has 2 fully saturated rings. The Bertz CT molecular complexity index is 1180. The minimum absolute atomic E-state index is 0.0798. The Morgan fingerprint density at radius 2 is 1.67 bits per heavy atom. The van der Waals surface area contributed by atoms with Crippen LogP contribution < -0.4 is 16.0 Å². The van der Waals surface area contributed by atoms with E-state index in [1.54, 1.807) is 25.7 Å². The predicted molar refractivity (Wildman–Crippen MR) is 168 cm³/mol. The van der Waals surface area contributed by atoms with Crippen molar-refractivity contribution in [3.63, 3.8) is 0 Å². The van der Waals surface area contributed by atoms with Crippen molar-refractivity contribution in [2.45, 2.75) is 123 Å². The molecule has 0 spiro atoms. The van der Waals surface area contributed by atoms with Crippen LogP contribution in [0.1, 0.15) is 92.9 Å². The van der Waals surface area contributed by atoms with Crippen LogP contribution in [-0.2, 0) is 38.2 Å². The van der Waals surface area contributed by atoms with E-state index in [9.17, 15) is 28.8 Å². The van der Waals surface area contributed by atoms with Gasteiger partial charge in [-0.15, -0.1) is 0 Å². The number of ether oxygens (including phenoxy) is 3. The number of piperidine rings is 1. The summed E-state index contributed by atoms with van der Waals surface area (Å²) in [6.07, 6.45) is 7.22. The first-order valence-electron chi connectivity index (χ1n) is 16.3. The summed E-state index contributed by atoms with van der Waals surface area (Å²) in [6, 6.07) is -2.67. The molecule has 0 aromatic rings. The van der Waals surface area contributed by atoms with Gasteiger partial charge >= 0.3 is 18.0 Å². The summed E-state index contributed by atoms with van der Waals surface area (Å²) in [5.41, 5.74) is -0.951. The minimum atomic E-state index is -1.42. The molecule has 0 radical (unpaired) electrons. The number of fused-ring (bicyclic) bond motifs is 3. The van der Waals surface area contributed by atoms with Crippen molar-refractivity contribution in [1.82, 2.24) is 20.9 Å². The predicted octanol–water partition coefficient (Wildman–Crippen LogP) is 2.76. The highest BCUT2D eigenvalue weighted by Gasteiger charge is 2.69. The fourth-order valence-corrected chi connectivity index (χ4v) is 6.59. The first-order valence-corrected chi connectivity index (χ1v) is 16.3. The first kappa shape index (κ1) is 36.8. The lowest BCUT2D eigenvalue weighted by atomic mass is 9.97. The normalized spacial score (nSPS) is 27.5. The van der Waals surface area contributed by atoms with Crippen molar-refractivity contribution < 1.29 is 43.0 Å². The van der Waals surface area contributed by atoms with Gasteiger partial charge < -0.3 is 35.1 Å². The highest BCUT2D eigenvalue weighted by Crippen LogP contribution is 2.65. The van der Waals surface area contributed by atoms with Crippen LogP contribution in [0.25, 0.3) is 0 Å². The number of alkyl carbamates (subject to hydrolysis) is 1. The molecule has 0 bridgehead atoms. The highest BCUT2D eigenvalue weighted by atomic mass is 16.6. The summed E-state index contributed by atoms with van der Waals surface area (Å²) < 4.78 is 15.5. The van der Waals surface area contributed by atoms with Crippen LogP contribution in [-0.4, -0.2) is 90.7 Å². The summed E-state index contributed by atoms with van der Waals surface area (Å²) in [4.78, 5) is 79.7. The van der Waals surface area contributed by atoms with Gasteiger partial charge in [-0.05, 0) is 76.5 Å². The smallest absolute Gasteiger partial charge is 0.408 e. The van der Waals surface area contributed by atoms with E-state index in [2.05, 4.69) is 46.7 Å². The van der Waals surface area contributed by atoms with Crippen LogP contribution in [0.4, 0.5) is 4.79 Å². The third-order valence-corrected chi connectivity index (χ3v) is 9.04.